The molecular formula is C19H22N6O3S. The van der Waals surface area contributed by atoms with Crippen molar-refractivity contribution in [2.45, 2.75) is 6.92 Å². The summed E-state index contributed by atoms with van der Waals surface area (Å²) in [5.74, 6) is 2.12. The average molecular weight is 414 g/mol. The first-order valence-corrected chi connectivity index (χ1v) is 9.23. The standard InChI is InChI=1S/C19H22N6O3S/c1-5-20-19(29)24-12-6-13-18(22-9-12)25-16(10-21-13)23-11-7-14(26-2)17(28-4)15(8-11)27-3/h6-10H,5H2,1-4H3,(H2,20,24,29)(H,22,23,25). The molecule has 10 heteroatoms. The Balaban J connectivity index is 1.85. The van der Waals surface area contributed by atoms with Gasteiger partial charge in [-0.2, -0.15) is 0 Å². The van der Waals surface area contributed by atoms with E-state index in [1.807, 2.05) is 13.0 Å². The maximum absolute atomic E-state index is 5.37. The van der Waals surface area contributed by atoms with E-state index in [9.17, 15) is 0 Å². The van der Waals surface area contributed by atoms with Crippen LogP contribution in [0.15, 0.2) is 30.6 Å². The Morgan fingerprint density at radius 3 is 2.31 bits per heavy atom. The van der Waals surface area contributed by atoms with Gasteiger partial charge in [0.15, 0.2) is 28.1 Å². The molecule has 3 N–H and O–H groups in total. The topological polar surface area (TPSA) is 102 Å². The quantitative estimate of drug-likeness (QED) is 0.500. The molecule has 0 atom stereocenters. The first-order valence-electron chi connectivity index (χ1n) is 8.82. The fourth-order valence-corrected chi connectivity index (χ4v) is 2.93. The van der Waals surface area contributed by atoms with E-state index in [1.54, 1.807) is 45.9 Å². The van der Waals surface area contributed by atoms with E-state index >= 15 is 0 Å². The normalized spacial score (nSPS) is 10.3. The lowest BCUT2D eigenvalue weighted by atomic mass is 10.2. The van der Waals surface area contributed by atoms with Gasteiger partial charge in [0.2, 0.25) is 5.75 Å². The van der Waals surface area contributed by atoms with Crippen LogP contribution in [0.4, 0.5) is 17.2 Å². The summed E-state index contributed by atoms with van der Waals surface area (Å²) in [5.41, 5.74) is 2.60. The number of methoxy groups -OCH3 is 3. The lowest BCUT2D eigenvalue weighted by molar-refractivity contribution is 0.324. The third kappa shape index (κ3) is 4.72. The third-order valence-corrected chi connectivity index (χ3v) is 4.18. The second-order valence-corrected chi connectivity index (χ2v) is 6.25. The van der Waals surface area contributed by atoms with E-state index in [4.69, 9.17) is 26.4 Å². The van der Waals surface area contributed by atoms with Crippen molar-refractivity contribution in [1.29, 1.82) is 0 Å². The number of nitrogens with zero attached hydrogens (tertiary/aromatic N) is 3. The van der Waals surface area contributed by atoms with Crippen molar-refractivity contribution in [2.75, 3.05) is 38.5 Å². The Morgan fingerprint density at radius 1 is 0.966 bits per heavy atom. The van der Waals surface area contributed by atoms with Crippen LogP contribution in [0.1, 0.15) is 6.92 Å². The van der Waals surface area contributed by atoms with Gasteiger partial charge in [0.05, 0.1) is 39.4 Å². The first-order chi connectivity index (χ1) is 14.1. The molecule has 2 heterocycles. The number of rotatable bonds is 7. The van der Waals surface area contributed by atoms with Crippen LogP contribution in [0, 0.1) is 0 Å². The van der Waals surface area contributed by atoms with Gasteiger partial charge >= 0.3 is 0 Å². The molecule has 9 nitrogen and oxygen atoms in total. The van der Waals surface area contributed by atoms with Crippen molar-refractivity contribution < 1.29 is 14.2 Å². The molecule has 0 radical (unpaired) electrons. The Bertz CT molecular complexity index is 1000. The zero-order valence-electron chi connectivity index (χ0n) is 16.6. The molecule has 0 spiro atoms. The second-order valence-electron chi connectivity index (χ2n) is 5.85. The minimum atomic E-state index is 0.502. The van der Waals surface area contributed by atoms with E-state index in [0.717, 1.165) is 12.2 Å². The number of fused-ring (bicyclic) bond motifs is 1. The van der Waals surface area contributed by atoms with Gasteiger partial charge in [-0.15, -0.1) is 0 Å². The van der Waals surface area contributed by atoms with E-state index in [2.05, 4.69) is 30.9 Å². The third-order valence-electron chi connectivity index (χ3n) is 3.93. The van der Waals surface area contributed by atoms with Gasteiger partial charge in [0, 0.05) is 24.4 Å². The average Bonchev–Trinajstić information content (AvgIpc) is 2.73. The molecule has 0 saturated heterocycles. The maximum atomic E-state index is 5.37. The smallest absolute Gasteiger partial charge is 0.203 e. The van der Waals surface area contributed by atoms with Crippen molar-refractivity contribution in [2.24, 2.45) is 0 Å². The number of nitrogens with one attached hydrogen (secondary N) is 3. The lowest BCUT2D eigenvalue weighted by Gasteiger charge is -2.15. The summed E-state index contributed by atoms with van der Waals surface area (Å²) in [4.78, 5) is 13.3. The van der Waals surface area contributed by atoms with E-state index in [1.165, 1.54) is 0 Å². The number of ether oxygens (including phenoxy) is 3. The van der Waals surface area contributed by atoms with Gasteiger partial charge in [-0.3, -0.25) is 0 Å². The summed E-state index contributed by atoms with van der Waals surface area (Å²) in [7, 11) is 4.68. The molecule has 0 aliphatic carbocycles. The van der Waals surface area contributed by atoms with Crippen LogP contribution >= 0.6 is 12.2 Å². The highest BCUT2D eigenvalue weighted by Crippen LogP contribution is 2.40. The van der Waals surface area contributed by atoms with Crippen molar-refractivity contribution in [3.05, 3.63) is 30.6 Å². The molecule has 1 aromatic carbocycles. The summed E-state index contributed by atoms with van der Waals surface area (Å²) in [6, 6.07) is 5.41. The molecule has 0 amide bonds. The van der Waals surface area contributed by atoms with Crippen LogP contribution in [0.3, 0.4) is 0 Å². The van der Waals surface area contributed by atoms with Crippen molar-refractivity contribution in [3.63, 3.8) is 0 Å². The fourth-order valence-electron chi connectivity index (χ4n) is 2.67. The monoisotopic (exact) mass is 414 g/mol. The molecule has 2 aromatic heterocycles. The van der Waals surface area contributed by atoms with Gasteiger partial charge in [-0.25, -0.2) is 15.0 Å². The fraction of sp³-hybridized carbons (Fsp3) is 0.263. The predicted molar refractivity (Wildman–Crippen MR) is 117 cm³/mol. The van der Waals surface area contributed by atoms with Crippen molar-refractivity contribution in [3.8, 4) is 17.2 Å². The van der Waals surface area contributed by atoms with Crippen molar-refractivity contribution in [1.82, 2.24) is 20.3 Å². The molecular weight excluding hydrogens is 392 g/mol. The summed E-state index contributed by atoms with van der Waals surface area (Å²) in [5, 5.41) is 9.80. The molecule has 152 valence electrons. The molecule has 0 aliphatic heterocycles. The van der Waals surface area contributed by atoms with Crippen LogP contribution in [-0.2, 0) is 0 Å². The first kappa shape index (κ1) is 20.3. The van der Waals surface area contributed by atoms with E-state index in [0.29, 0.717) is 45.0 Å². The van der Waals surface area contributed by atoms with Crippen LogP contribution in [0.25, 0.3) is 11.2 Å². The summed E-state index contributed by atoms with van der Waals surface area (Å²) in [6.07, 6.45) is 3.28. The zero-order valence-corrected chi connectivity index (χ0v) is 17.4. The van der Waals surface area contributed by atoms with E-state index < -0.39 is 0 Å². The van der Waals surface area contributed by atoms with Gasteiger partial charge in [-0.05, 0) is 25.2 Å². The van der Waals surface area contributed by atoms with Gasteiger partial charge < -0.3 is 30.2 Å². The van der Waals surface area contributed by atoms with Crippen LogP contribution in [0.2, 0.25) is 0 Å². The number of anilines is 3. The summed E-state index contributed by atoms with van der Waals surface area (Å²) < 4.78 is 16.1. The lowest BCUT2D eigenvalue weighted by Crippen LogP contribution is -2.27. The highest BCUT2D eigenvalue weighted by atomic mass is 32.1. The second kappa shape index (κ2) is 9.20. The summed E-state index contributed by atoms with van der Waals surface area (Å²) in [6.45, 7) is 2.71. The molecule has 29 heavy (non-hydrogen) atoms. The largest absolute Gasteiger partial charge is 0.493 e. The van der Waals surface area contributed by atoms with Gasteiger partial charge in [0.25, 0.3) is 0 Å². The highest BCUT2D eigenvalue weighted by Gasteiger charge is 2.14. The number of aromatic nitrogens is 3. The SMILES string of the molecule is CCNC(=S)Nc1cnc2nc(Nc3cc(OC)c(OC)c(OC)c3)cnc2c1. The number of pyridine rings is 1. The molecule has 3 aromatic rings. The summed E-state index contributed by atoms with van der Waals surface area (Å²) >= 11 is 5.18. The highest BCUT2D eigenvalue weighted by molar-refractivity contribution is 7.80. The van der Waals surface area contributed by atoms with Crippen LogP contribution in [-0.4, -0.2) is 47.9 Å². The number of hydrogen-bond acceptors (Lipinski definition) is 8. The number of thiocarbonyl (C=S) groups is 1. The molecule has 0 saturated carbocycles. The van der Waals surface area contributed by atoms with Gasteiger partial charge in [-0.1, -0.05) is 0 Å². The molecule has 0 fully saturated rings. The Labute approximate surface area is 173 Å². The van der Waals surface area contributed by atoms with Crippen LogP contribution < -0.4 is 30.2 Å². The minimum Gasteiger partial charge on any atom is -0.493 e. The predicted octanol–water partition coefficient (Wildman–Crippen LogP) is 3.10. The Morgan fingerprint density at radius 2 is 1.69 bits per heavy atom. The molecule has 3 rings (SSSR count). The maximum Gasteiger partial charge on any atom is 0.203 e. The van der Waals surface area contributed by atoms with Crippen LogP contribution in [0.5, 0.6) is 17.2 Å². The number of benzene rings is 1. The van der Waals surface area contributed by atoms with Gasteiger partial charge in [0.1, 0.15) is 5.52 Å². The molecule has 0 aliphatic rings. The van der Waals surface area contributed by atoms with Crippen molar-refractivity contribution >= 4 is 45.7 Å². The molecule has 0 bridgehead atoms. The minimum absolute atomic E-state index is 0.502. The number of hydrogen-bond donors (Lipinski definition) is 3. The Hall–Kier alpha value is -3.40. The molecule has 0 unspecified atom stereocenters. The Kier molecular flexibility index (Phi) is 6.45. The van der Waals surface area contributed by atoms with E-state index in [-0.39, 0.29) is 0 Å². The zero-order chi connectivity index (χ0) is 20.8.